The Hall–Kier alpha value is -0.633. The minimum absolute atomic E-state index is 0.134. The van der Waals surface area contributed by atoms with Gasteiger partial charge < -0.3 is 0 Å². The Balaban J connectivity index is 4.09. The molecule has 11 heavy (non-hydrogen) atoms. The Morgan fingerprint density at radius 1 is 1.55 bits per heavy atom. The van der Waals surface area contributed by atoms with E-state index in [4.69, 9.17) is 0 Å². The van der Waals surface area contributed by atoms with Gasteiger partial charge in [0, 0.05) is 0 Å². The van der Waals surface area contributed by atoms with Gasteiger partial charge in [-0.15, -0.1) is 6.58 Å². The van der Waals surface area contributed by atoms with Crippen LogP contribution in [0.1, 0.15) is 6.92 Å². The van der Waals surface area contributed by atoms with E-state index in [2.05, 4.69) is 25.4 Å². The van der Waals surface area contributed by atoms with E-state index in [0.717, 1.165) is 6.04 Å². The minimum atomic E-state index is -1.29. The summed E-state index contributed by atoms with van der Waals surface area (Å²) >= 11 is 0. The summed E-state index contributed by atoms with van der Waals surface area (Å²) in [6.07, 6.45) is 3.60. The zero-order chi connectivity index (χ0) is 8.91. The van der Waals surface area contributed by atoms with E-state index in [0.29, 0.717) is 0 Å². The van der Waals surface area contributed by atoms with Gasteiger partial charge in [-0.1, -0.05) is 24.9 Å². The predicted molar refractivity (Wildman–Crippen MR) is 52.3 cm³/mol. The molecule has 0 heterocycles. The average molecular weight is 168 g/mol. The van der Waals surface area contributed by atoms with E-state index >= 15 is 0 Å². The molecule has 0 amide bonds. The summed E-state index contributed by atoms with van der Waals surface area (Å²) in [5.74, 6) is 0.134. The smallest absolute Gasteiger partial charge is 0.151 e. The van der Waals surface area contributed by atoms with Gasteiger partial charge in [-0.3, -0.25) is 4.79 Å². The second kappa shape index (κ2) is 4.29. The lowest BCUT2D eigenvalue weighted by molar-refractivity contribution is -0.112. The van der Waals surface area contributed by atoms with Crippen LogP contribution in [0.25, 0.3) is 0 Å². The second-order valence-electron chi connectivity index (χ2n) is 3.43. The van der Waals surface area contributed by atoms with Crippen LogP contribution in [-0.2, 0) is 4.79 Å². The summed E-state index contributed by atoms with van der Waals surface area (Å²) in [7, 11) is -1.29. The van der Waals surface area contributed by atoms with Crippen LogP contribution < -0.4 is 0 Å². The van der Waals surface area contributed by atoms with Crippen molar-refractivity contribution in [1.29, 1.82) is 0 Å². The second-order valence-corrected chi connectivity index (χ2v) is 8.14. The number of rotatable bonds is 4. The van der Waals surface area contributed by atoms with Gasteiger partial charge in [-0.2, -0.15) is 0 Å². The third-order valence-corrected chi connectivity index (χ3v) is 3.85. The van der Waals surface area contributed by atoms with Crippen molar-refractivity contribution >= 4 is 13.9 Å². The van der Waals surface area contributed by atoms with Gasteiger partial charge in [-0.25, -0.2) is 0 Å². The highest BCUT2D eigenvalue weighted by Crippen LogP contribution is 2.10. The molecule has 0 radical (unpaired) electrons. The van der Waals surface area contributed by atoms with Crippen molar-refractivity contribution in [3.05, 3.63) is 24.4 Å². The quantitative estimate of drug-likeness (QED) is 0.358. The molecule has 0 bridgehead atoms. The van der Waals surface area contributed by atoms with Crippen molar-refractivity contribution in [3.63, 3.8) is 0 Å². The van der Waals surface area contributed by atoms with Crippen molar-refractivity contribution in [2.24, 2.45) is 0 Å². The molecule has 0 aliphatic heterocycles. The molecular formula is C9H16OSi. The average Bonchev–Trinajstić information content (AvgIpc) is 1.84. The molecule has 1 nitrogen and oxygen atoms in total. The molecule has 0 saturated carbocycles. The SMILES string of the molecule is C=CC[Si](C)(C)/C=C\C(C)=O. The number of hydrogen-bond donors (Lipinski definition) is 0. The number of hydrogen-bond acceptors (Lipinski definition) is 1. The fourth-order valence-corrected chi connectivity index (χ4v) is 2.35. The molecule has 0 atom stereocenters. The predicted octanol–water partition coefficient (Wildman–Crippen LogP) is 2.57. The van der Waals surface area contributed by atoms with Gasteiger partial charge in [0.2, 0.25) is 0 Å². The first-order chi connectivity index (χ1) is 4.98. The molecule has 0 N–H and O–H groups in total. The standard InChI is InChI=1S/C9H16OSi/c1-5-7-11(3,4)8-6-9(2)10/h5-6,8H,1,7H2,2-4H3/b8-6-. The Kier molecular flexibility index (Phi) is 4.04. The summed E-state index contributed by atoms with van der Waals surface area (Å²) in [6, 6.07) is 1.04. The van der Waals surface area contributed by atoms with Gasteiger partial charge in [0.05, 0.1) is 8.07 Å². The van der Waals surface area contributed by atoms with Gasteiger partial charge >= 0.3 is 0 Å². The van der Waals surface area contributed by atoms with Crippen molar-refractivity contribution in [3.8, 4) is 0 Å². The zero-order valence-corrected chi connectivity index (χ0v) is 8.55. The molecule has 0 aliphatic carbocycles. The Morgan fingerprint density at radius 3 is 2.45 bits per heavy atom. The number of allylic oxidation sites excluding steroid dienone is 2. The maximum Gasteiger partial charge on any atom is 0.151 e. The number of ketones is 1. The van der Waals surface area contributed by atoms with Gasteiger partial charge in [-0.05, 0) is 19.0 Å². The van der Waals surface area contributed by atoms with Crippen molar-refractivity contribution in [2.75, 3.05) is 0 Å². The Morgan fingerprint density at radius 2 is 2.09 bits per heavy atom. The fraction of sp³-hybridized carbons (Fsp3) is 0.444. The summed E-state index contributed by atoms with van der Waals surface area (Å²) in [6.45, 7) is 9.70. The summed E-state index contributed by atoms with van der Waals surface area (Å²) < 4.78 is 0. The largest absolute Gasteiger partial charge is 0.295 e. The minimum Gasteiger partial charge on any atom is -0.295 e. The van der Waals surface area contributed by atoms with E-state index in [1.165, 1.54) is 0 Å². The monoisotopic (exact) mass is 168 g/mol. The molecule has 0 spiro atoms. The molecule has 0 aromatic rings. The maximum atomic E-state index is 10.6. The third kappa shape index (κ3) is 5.79. The molecule has 0 fully saturated rings. The first kappa shape index (κ1) is 10.4. The summed E-state index contributed by atoms with van der Waals surface area (Å²) in [5, 5.41) is 0. The fourth-order valence-electron chi connectivity index (χ4n) is 0.783. The third-order valence-electron chi connectivity index (χ3n) is 1.44. The topological polar surface area (TPSA) is 17.1 Å². The van der Waals surface area contributed by atoms with Crippen LogP contribution in [0.4, 0.5) is 0 Å². The molecule has 0 aromatic carbocycles. The van der Waals surface area contributed by atoms with Crippen LogP contribution in [-0.4, -0.2) is 13.9 Å². The van der Waals surface area contributed by atoms with E-state index in [1.54, 1.807) is 13.0 Å². The first-order valence-electron chi connectivity index (χ1n) is 3.78. The molecule has 0 aliphatic rings. The van der Waals surface area contributed by atoms with Crippen molar-refractivity contribution < 1.29 is 4.79 Å². The highest BCUT2D eigenvalue weighted by molar-refractivity contribution is 6.82. The van der Waals surface area contributed by atoms with Gasteiger partial charge in [0.15, 0.2) is 5.78 Å². The van der Waals surface area contributed by atoms with Crippen LogP contribution in [0.5, 0.6) is 0 Å². The molecule has 0 rings (SSSR count). The molecule has 0 unspecified atom stereocenters. The Bertz CT molecular complexity index is 180. The lowest BCUT2D eigenvalue weighted by atomic mass is 10.5. The van der Waals surface area contributed by atoms with Gasteiger partial charge in [0.25, 0.3) is 0 Å². The van der Waals surface area contributed by atoms with E-state index < -0.39 is 8.07 Å². The molecule has 2 heteroatoms. The summed E-state index contributed by atoms with van der Waals surface area (Å²) in [5.41, 5.74) is 2.07. The van der Waals surface area contributed by atoms with Gasteiger partial charge in [0.1, 0.15) is 0 Å². The van der Waals surface area contributed by atoms with E-state index in [9.17, 15) is 4.79 Å². The Labute approximate surface area is 69.8 Å². The zero-order valence-electron chi connectivity index (χ0n) is 7.55. The highest BCUT2D eigenvalue weighted by atomic mass is 28.3. The molecular weight excluding hydrogens is 152 g/mol. The van der Waals surface area contributed by atoms with Crippen LogP contribution >= 0.6 is 0 Å². The molecule has 62 valence electrons. The van der Waals surface area contributed by atoms with Crippen molar-refractivity contribution in [1.82, 2.24) is 0 Å². The molecule has 0 aromatic heterocycles. The number of carbonyl (C=O) groups excluding carboxylic acids is 1. The van der Waals surface area contributed by atoms with E-state index in [-0.39, 0.29) is 5.78 Å². The maximum absolute atomic E-state index is 10.6. The normalized spacial score (nSPS) is 11.9. The van der Waals surface area contributed by atoms with E-state index in [1.807, 2.05) is 6.08 Å². The molecule has 0 saturated heterocycles. The highest BCUT2D eigenvalue weighted by Gasteiger charge is 2.13. The summed E-state index contributed by atoms with van der Waals surface area (Å²) in [4.78, 5) is 10.6. The van der Waals surface area contributed by atoms with Crippen LogP contribution in [0, 0.1) is 0 Å². The first-order valence-corrected chi connectivity index (χ1v) is 7.07. The lowest BCUT2D eigenvalue weighted by Crippen LogP contribution is -2.21. The van der Waals surface area contributed by atoms with Crippen molar-refractivity contribution in [2.45, 2.75) is 26.1 Å². The van der Waals surface area contributed by atoms with Crippen LogP contribution in [0.3, 0.4) is 0 Å². The van der Waals surface area contributed by atoms with Crippen LogP contribution in [0.15, 0.2) is 24.4 Å². The lowest BCUT2D eigenvalue weighted by Gasteiger charge is -2.13. The van der Waals surface area contributed by atoms with Crippen LogP contribution in [0.2, 0.25) is 19.1 Å². The number of carbonyl (C=O) groups is 1.